The molecule has 3 aliphatic rings. The molecule has 3 fully saturated rings. The summed E-state index contributed by atoms with van der Waals surface area (Å²) in [6.07, 6.45) is 5.75. The van der Waals surface area contributed by atoms with Gasteiger partial charge in [0.2, 0.25) is 0 Å². The summed E-state index contributed by atoms with van der Waals surface area (Å²) in [5, 5.41) is 12.4. The van der Waals surface area contributed by atoms with Crippen LogP contribution in [-0.4, -0.2) is 40.1 Å². The summed E-state index contributed by atoms with van der Waals surface area (Å²) in [5.41, 5.74) is 0. The molecule has 2 saturated heterocycles. The Labute approximate surface area is 126 Å². The molecule has 1 saturated carbocycles. The van der Waals surface area contributed by atoms with Crippen LogP contribution in [0.2, 0.25) is 0 Å². The summed E-state index contributed by atoms with van der Waals surface area (Å²) in [4.78, 5) is 25.7. The number of urea groups is 1. The number of nitrogens with zero attached hydrogens (tertiary/aromatic N) is 1. The highest BCUT2D eigenvalue weighted by atomic mass is 16.4. The third-order valence-electron chi connectivity index (χ3n) is 5.59. The van der Waals surface area contributed by atoms with Crippen molar-refractivity contribution in [3.05, 3.63) is 0 Å². The third kappa shape index (κ3) is 2.74. The van der Waals surface area contributed by atoms with Crippen molar-refractivity contribution >= 4 is 12.0 Å². The topological polar surface area (TPSA) is 69.6 Å². The molecule has 2 amide bonds. The van der Waals surface area contributed by atoms with Crippen molar-refractivity contribution in [3.63, 3.8) is 0 Å². The van der Waals surface area contributed by atoms with E-state index in [2.05, 4.69) is 19.2 Å². The highest BCUT2D eigenvalue weighted by Crippen LogP contribution is 2.42. The number of carbonyl (C=O) groups excluding carboxylic acids is 1. The predicted molar refractivity (Wildman–Crippen MR) is 78.9 cm³/mol. The highest BCUT2D eigenvalue weighted by molar-refractivity contribution is 5.79. The maximum absolute atomic E-state index is 12.6. The molecule has 1 aliphatic carbocycles. The lowest BCUT2D eigenvalue weighted by Crippen LogP contribution is -2.49. The number of hydrogen-bond acceptors (Lipinski definition) is 2. The SMILES string of the molecule is CC1CC(C)CC(NC(=O)N2C3CCC2C(C(=O)O)C3)C1. The minimum absolute atomic E-state index is 0.0300. The Kier molecular flexibility index (Phi) is 3.84. The smallest absolute Gasteiger partial charge is 0.318 e. The van der Waals surface area contributed by atoms with E-state index < -0.39 is 5.97 Å². The van der Waals surface area contributed by atoms with E-state index in [1.807, 2.05) is 4.90 Å². The Morgan fingerprint density at radius 1 is 1.05 bits per heavy atom. The monoisotopic (exact) mass is 294 g/mol. The number of rotatable bonds is 2. The van der Waals surface area contributed by atoms with E-state index in [1.165, 1.54) is 6.42 Å². The van der Waals surface area contributed by atoms with Gasteiger partial charge in [-0.3, -0.25) is 4.79 Å². The van der Waals surface area contributed by atoms with E-state index in [4.69, 9.17) is 0 Å². The van der Waals surface area contributed by atoms with Crippen molar-refractivity contribution in [2.45, 2.75) is 70.5 Å². The van der Waals surface area contributed by atoms with Crippen molar-refractivity contribution < 1.29 is 14.7 Å². The number of carbonyl (C=O) groups is 2. The number of aliphatic carboxylic acids is 1. The van der Waals surface area contributed by atoms with Crippen LogP contribution >= 0.6 is 0 Å². The second-order valence-electron chi connectivity index (χ2n) is 7.45. The van der Waals surface area contributed by atoms with Gasteiger partial charge in [0.25, 0.3) is 0 Å². The van der Waals surface area contributed by atoms with Crippen LogP contribution in [0.15, 0.2) is 0 Å². The molecule has 2 N–H and O–H groups in total. The van der Waals surface area contributed by atoms with Gasteiger partial charge in [-0.15, -0.1) is 0 Å². The van der Waals surface area contributed by atoms with E-state index in [1.54, 1.807) is 0 Å². The predicted octanol–water partition coefficient (Wildman–Crippen LogP) is 2.46. The number of fused-ring (bicyclic) bond motifs is 2. The summed E-state index contributed by atoms with van der Waals surface area (Å²) in [5.74, 6) is 0.195. The van der Waals surface area contributed by atoms with Crippen molar-refractivity contribution in [3.8, 4) is 0 Å². The fourth-order valence-electron chi connectivity index (χ4n) is 4.88. The third-order valence-corrected chi connectivity index (χ3v) is 5.59. The molecule has 2 heterocycles. The summed E-state index contributed by atoms with van der Waals surface area (Å²) in [6, 6.07) is 0.262. The van der Waals surface area contributed by atoms with Gasteiger partial charge in [-0.25, -0.2) is 4.79 Å². The average Bonchev–Trinajstić information content (AvgIpc) is 2.94. The highest BCUT2D eigenvalue weighted by Gasteiger charge is 2.51. The molecular formula is C16H26N2O3. The lowest BCUT2D eigenvalue weighted by atomic mass is 9.80. The summed E-state index contributed by atoms with van der Waals surface area (Å²) in [7, 11) is 0. The molecule has 5 unspecified atom stereocenters. The molecule has 21 heavy (non-hydrogen) atoms. The van der Waals surface area contributed by atoms with Gasteiger partial charge in [-0.2, -0.15) is 0 Å². The number of hydrogen-bond donors (Lipinski definition) is 2. The maximum Gasteiger partial charge on any atom is 0.318 e. The van der Waals surface area contributed by atoms with Crippen LogP contribution in [0, 0.1) is 17.8 Å². The number of carboxylic acid groups (broad SMARTS) is 1. The normalized spacial score (nSPS) is 42.1. The first-order chi connectivity index (χ1) is 9.95. The standard InChI is InChI=1S/C16H26N2O3/c1-9-5-10(2)7-11(6-9)17-16(21)18-12-3-4-14(18)13(8-12)15(19)20/h9-14H,3-8H2,1-2H3,(H,17,21)(H,19,20). The maximum atomic E-state index is 12.6. The molecule has 5 nitrogen and oxygen atoms in total. The van der Waals surface area contributed by atoms with Gasteiger partial charge in [0.05, 0.1) is 5.92 Å². The van der Waals surface area contributed by atoms with Gasteiger partial charge >= 0.3 is 12.0 Å². The summed E-state index contributed by atoms with van der Waals surface area (Å²) < 4.78 is 0. The van der Waals surface area contributed by atoms with Gasteiger partial charge in [-0.05, 0) is 50.4 Å². The van der Waals surface area contributed by atoms with Crippen LogP contribution in [-0.2, 0) is 4.79 Å². The van der Waals surface area contributed by atoms with E-state index >= 15 is 0 Å². The first kappa shape index (κ1) is 14.7. The molecule has 0 aromatic rings. The molecule has 3 rings (SSSR count). The molecule has 2 aliphatic heterocycles. The molecule has 5 atom stereocenters. The zero-order valence-electron chi connectivity index (χ0n) is 12.9. The first-order valence-electron chi connectivity index (χ1n) is 8.27. The van der Waals surface area contributed by atoms with Crippen LogP contribution in [0.1, 0.15) is 52.4 Å². The summed E-state index contributed by atoms with van der Waals surface area (Å²) >= 11 is 0. The molecule has 5 heteroatoms. The Balaban J connectivity index is 1.62. The Bertz CT molecular complexity index is 429. The molecular weight excluding hydrogens is 268 g/mol. The minimum Gasteiger partial charge on any atom is -0.481 e. The van der Waals surface area contributed by atoms with E-state index in [-0.39, 0.29) is 30.1 Å². The number of amides is 2. The largest absolute Gasteiger partial charge is 0.481 e. The summed E-state index contributed by atoms with van der Waals surface area (Å²) in [6.45, 7) is 4.49. The van der Waals surface area contributed by atoms with Gasteiger partial charge in [0, 0.05) is 18.1 Å². The van der Waals surface area contributed by atoms with Crippen LogP contribution in [0.4, 0.5) is 4.79 Å². The van der Waals surface area contributed by atoms with Crippen LogP contribution in [0.3, 0.4) is 0 Å². The van der Waals surface area contributed by atoms with Gasteiger partial charge in [0.15, 0.2) is 0 Å². The van der Waals surface area contributed by atoms with E-state index in [0.717, 1.165) is 25.7 Å². The Hall–Kier alpha value is -1.26. The van der Waals surface area contributed by atoms with Crippen molar-refractivity contribution in [2.24, 2.45) is 17.8 Å². The molecule has 118 valence electrons. The van der Waals surface area contributed by atoms with Crippen LogP contribution < -0.4 is 5.32 Å². The quantitative estimate of drug-likeness (QED) is 0.822. The Morgan fingerprint density at radius 3 is 2.29 bits per heavy atom. The minimum atomic E-state index is -0.750. The van der Waals surface area contributed by atoms with E-state index in [9.17, 15) is 14.7 Å². The molecule has 0 aromatic carbocycles. The molecule has 0 spiro atoms. The van der Waals surface area contributed by atoms with Gasteiger partial charge in [0.1, 0.15) is 0 Å². The van der Waals surface area contributed by atoms with Crippen LogP contribution in [0.25, 0.3) is 0 Å². The second kappa shape index (κ2) is 5.50. The molecule has 0 aromatic heterocycles. The van der Waals surface area contributed by atoms with Gasteiger partial charge in [-0.1, -0.05) is 13.8 Å². The Morgan fingerprint density at radius 2 is 1.71 bits per heavy atom. The molecule has 2 bridgehead atoms. The van der Waals surface area contributed by atoms with Crippen LogP contribution in [0.5, 0.6) is 0 Å². The zero-order valence-corrected chi connectivity index (χ0v) is 12.9. The lowest BCUT2D eigenvalue weighted by Gasteiger charge is -2.34. The fraction of sp³-hybridized carbons (Fsp3) is 0.875. The van der Waals surface area contributed by atoms with Crippen molar-refractivity contribution in [1.29, 1.82) is 0 Å². The lowest BCUT2D eigenvalue weighted by molar-refractivity contribution is -0.142. The van der Waals surface area contributed by atoms with Crippen molar-refractivity contribution in [1.82, 2.24) is 10.2 Å². The number of carboxylic acids is 1. The van der Waals surface area contributed by atoms with Crippen molar-refractivity contribution in [2.75, 3.05) is 0 Å². The average molecular weight is 294 g/mol. The van der Waals surface area contributed by atoms with Gasteiger partial charge < -0.3 is 15.3 Å². The van der Waals surface area contributed by atoms with E-state index in [0.29, 0.717) is 18.3 Å². The molecule has 0 radical (unpaired) electrons. The zero-order chi connectivity index (χ0) is 15.1. The fourth-order valence-corrected chi connectivity index (χ4v) is 4.88. The number of nitrogens with one attached hydrogen (secondary N) is 1. The first-order valence-corrected chi connectivity index (χ1v) is 8.27. The second-order valence-corrected chi connectivity index (χ2v) is 7.45.